The van der Waals surface area contributed by atoms with Gasteiger partial charge >= 0.3 is 5.97 Å². The first-order valence-corrected chi connectivity index (χ1v) is 5.01. The number of esters is 1. The van der Waals surface area contributed by atoms with E-state index in [0.29, 0.717) is 17.2 Å². The molecule has 1 aliphatic rings. The molecular weight excluding hydrogens is 210 g/mol. The minimum Gasteiger partial charge on any atom is -0.465 e. The first-order chi connectivity index (χ1) is 7.63. The molecule has 1 aromatic heterocycles. The number of carbonyl (C=O) groups excluding carboxylic acids is 1. The van der Waals surface area contributed by atoms with Gasteiger partial charge in [-0.15, -0.1) is 0 Å². The number of carbonyl (C=O) groups is 1. The molecule has 0 aromatic carbocycles. The fourth-order valence-electron chi connectivity index (χ4n) is 1.53. The second kappa shape index (κ2) is 4.01. The van der Waals surface area contributed by atoms with E-state index < -0.39 is 5.97 Å². The van der Waals surface area contributed by atoms with Crippen molar-refractivity contribution in [2.24, 2.45) is 7.05 Å². The van der Waals surface area contributed by atoms with Crippen molar-refractivity contribution in [3.63, 3.8) is 0 Å². The summed E-state index contributed by atoms with van der Waals surface area (Å²) in [5, 5.41) is 10.4. The Morgan fingerprint density at radius 1 is 1.69 bits per heavy atom. The summed E-state index contributed by atoms with van der Waals surface area (Å²) >= 11 is 0. The Balaban J connectivity index is 2.27. The van der Waals surface area contributed by atoms with E-state index in [9.17, 15) is 4.79 Å². The van der Waals surface area contributed by atoms with E-state index in [1.807, 2.05) is 0 Å². The molecule has 0 saturated carbocycles. The predicted molar refractivity (Wildman–Crippen MR) is 59.2 cm³/mol. The van der Waals surface area contributed by atoms with E-state index in [-0.39, 0.29) is 6.04 Å². The lowest BCUT2D eigenvalue weighted by Gasteiger charge is -2.28. The molecule has 16 heavy (non-hydrogen) atoms. The fourth-order valence-corrected chi connectivity index (χ4v) is 1.53. The van der Waals surface area contributed by atoms with Crippen LogP contribution in [0.1, 0.15) is 10.4 Å². The van der Waals surface area contributed by atoms with E-state index in [0.717, 1.165) is 13.1 Å². The van der Waals surface area contributed by atoms with Gasteiger partial charge in [0.1, 0.15) is 11.4 Å². The standard InChI is InChI=1S/C9H15N5O2/c1-14-7(10)6(9(15)16-2)8(13-14)12-5-3-11-4-5/h5,11H,3-4,10H2,1-2H3,(H,12,13). The van der Waals surface area contributed by atoms with Gasteiger partial charge in [-0.3, -0.25) is 4.68 Å². The summed E-state index contributed by atoms with van der Waals surface area (Å²) in [5.41, 5.74) is 6.06. The van der Waals surface area contributed by atoms with Crippen molar-refractivity contribution in [2.75, 3.05) is 31.2 Å². The summed E-state index contributed by atoms with van der Waals surface area (Å²) in [7, 11) is 3.01. The third-order valence-corrected chi connectivity index (χ3v) is 2.60. The molecular formula is C9H15N5O2. The van der Waals surface area contributed by atoms with Crippen LogP contribution in [-0.4, -0.2) is 42.0 Å². The van der Waals surface area contributed by atoms with Crippen LogP contribution in [0.4, 0.5) is 11.6 Å². The molecule has 1 fully saturated rings. The number of nitrogens with two attached hydrogens (primary N) is 1. The molecule has 0 atom stereocenters. The highest BCUT2D eigenvalue weighted by Crippen LogP contribution is 2.22. The molecule has 2 heterocycles. The van der Waals surface area contributed by atoms with Crippen molar-refractivity contribution in [2.45, 2.75) is 6.04 Å². The lowest BCUT2D eigenvalue weighted by Crippen LogP contribution is -2.51. The maximum Gasteiger partial charge on any atom is 0.345 e. The third-order valence-electron chi connectivity index (χ3n) is 2.60. The summed E-state index contributed by atoms with van der Waals surface area (Å²) in [4.78, 5) is 11.5. The average Bonchev–Trinajstić information content (AvgIpc) is 2.48. The fraction of sp³-hybridized carbons (Fsp3) is 0.556. The van der Waals surface area contributed by atoms with Gasteiger partial charge in [-0.25, -0.2) is 4.79 Å². The van der Waals surface area contributed by atoms with Gasteiger partial charge in [-0.1, -0.05) is 0 Å². The number of nitrogens with one attached hydrogen (secondary N) is 2. The van der Waals surface area contributed by atoms with Gasteiger partial charge in [0.25, 0.3) is 0 Å². The van der Waals surface area contributed by atoms with Gasteiger partial charge < -0.3 is 21.1 Å². The molecule has 2 rings (SSSR count). The molecule has 1 aromatic rings. The molecule has 1 aliphatic heterocycles. The Morgan fingerprint density at radius 2 is 2.38 bits per heavy atom. The van der Waals surface area contributed by atoms with Gasteiger partial charge in [-0.05, 0) is 0 Å². The smallest absolute Gasteiger partial charge is 0.345 e. The summed E-state index contributed by atoms with van der Waals surface area (Å²) < 4.78 is 6.14. The van der Waals surface area contributed by atoms with Crippen LogP contribution in [0.15, 0.2) is 0 Å². The van der Waals surface area contributed by atoms with Crippen LogP contribution in [0, 0.1) is 0 Å². The molecule has 0 amide bonds. The van der Waals surface area contributed by atoms with Crippen molar-refractivity contribution in [3.8, 4) is 0 Å². The second-order valence-electron chi connectivity index (χ2n) is 3.72. The van der Waals surface area contributed by atoms with E-state index in [1.165, 1.54) is 11.8 Å². The zero-order valence-corrected chi connectivity index (χ0v) is 9.28. The molecule has 7 nitrogen and oxygen atoms in total. The lowest BCUT2D eigenvalue weighted by atomic mass is 10.2. The molecule has 1 saturated heterocycles. The number of methoxy groups -OCH3 is 1. The van der Waals surface area contributed by atoms with Crippen molar-refractivity contribution < 1.29 is 9.53 Å². The van der Waals surface area contributed by atoms with Crippen LogP contribution in [-0.2, 0) is 11.8 Å². The summed E-state index contributed by atoms with van der Waals surface area (Å²) in [6, 6.07) is 0.290. The number of hydrogen-bond donors (Lipinski definition) is 3. The maximum atomic E-state index is 11.5. The van der Waals surface area contributed by atoms with Crippen LogP contribution in [0.25, 0.3) is 0 Å². The number of aryl methyl sites for hydroxylation is 1. The van der Waals surface area contributed by atoms with Crippen molar-refractivity contribution in [1.29, 1.82) is 0 Å². The average molecular weight is 225 g/mol. The van der Waals surface area contributed by atoms with Crippen LogP contribution in [0.5, 0.6) is 0 Å². The van der Waals surface area contributed by atoms with E-state index >= 15 is 0 Å². The lowest BCUT2D eigenvalue weighted by molar-refractivity contribution is 0.0603. The van der Waals surface area contributed by atoms with Gasteiger partial charge in [0.15, 0.2) is 5.82 Å². The highest BCUT2D eigenvalue weighted by Gasteiger charge is 2.25. The largest absolute Gasteiger partial charge is 0.465 e. The number of hydrogen-bond acceptors (Lipinski definition) is 6. The van der Waals surface area contributed by atoms with Crippen LogP contribution >= 0.6 is 0 Å². The van der Waals surface area contributed by atoms with Gasteiger partial charge in [-0.2, -0.15) is 5.10 Å². The molecule has 4 N–H and O–H groups in total. The van der Waals surface area contributed by atoms with E-state index in [1.54, 1.807) is 7.05 Å². The molecule has 7 heteroatoms. The Morgan fingerprint density at radius 3 is 2.88 bits per heavy atom. The highest BCUT2D eigenvalue weighted by molar-refractivity contribution is 5.99. The minimum absolute atomic E-state index is 0.290. The number of nitrogen functional groups attached to an aromatic ring is 1. The summed E-state index contributed by atoms with van der Waals surface area (Å²) in [6.45, 7) is 1.72. The topological polar surface area (TPSA) is 94.2 Å². The Bertz CT molecular complexity index is 410. The number of rotatable bonds is 3. The minimum atomic E-state index is -0.472. The molecule has 0 radical (unpaired) electrons. The number of anilines is 2. The molecule has 0 unspecified atom stereocenters. The number of ether oxygens (including phenoxy) is 1. The first-order valence-electron chi connectivity index (χ1n) is 5.01. The van der Waals surface area contributed by atoms with Gasteiger partial charge in [0, 0.05) is 20.1 Å². The van der Waals surface area contributed by atoms with Crippen LogP contribution in [0.2, 0.25) is 0 Å². The quantitative estimate of drug-likeness (QED) is 0.581. The highest BCUT2D eigenvalue weighted by atomic mass is 16.5. The zero-order valence-electron chi connectivity index (χ0n) is 9.28. The van der Waals surface area contributed by atoms with Crippen molar-refractivity contribution in [3.05, 3.63) is 5.56 Å². The second-order valence-corrected chi connectivity index (χ2v) is 3.72. The normalized spacial score (nSPS) is 15.6. The predicted octanol–water partition coefficient (Wildman–Crippen LogP) is -0.827. The molecule has 0 aliphatic carbocycles. The molecule has 0 spiro atoms. The molecule has 0 bridgehead atoms. The number of aromatic nitrogens is 2. The Hall–Kier alpha value is -1.76. The van der Waals surface area contributed by atoms with Crippen molar-refractivity contribution in [1.82, 2.24) is 15.1 Å². The van der Waals surface area contributed by atoms with Crippen LogP contribution in [0.3, 0.4) is 0 Å². The Kier molecular flexibility index (Phi) is 2.69. The third kappa shape index (κ3) is 1.69. The van der Waals surface area contributed by atoms with E-state index in [4.69, 9.17) is 5.73 Å². The zero-order chi connectivity index (χ0) is 11.7. The summed E-state index contributed by atoms with van der Waals surface area (Å²) in [5.74, 6) is 0.320. The molecule has 88 valence electrons. The number of nitrogens with zero attached hydrogens (tertiary/aromatic N) is 2. The van der Waals surface area contributed by atoms with Crippen LogP contribution < -0.4 is 16.4 Å². The monoisotopic (exact) mass is 225 g/mol. The van der Waals surface area contributed by atoms with Crippen molar-refractivity contribution >= 4 is 17.6 Å². The van der Waals surface area contributed by atoms with E-state index in [2.05, 4.69) is 20.5 Å². The SMILES string of the molecule is COC(=O)c1c(NC2CNC2)nn(C)c1N. The Labute approximate surface area is 92.9 Å². The first kappa shape index (κ1) is 10.7. The van der Waals surface area contributed by atoms with Gasteiger partial charge in [0.2, 0.25) is 0 Å². The van der Waals surface area contributed by atoms with Gasteiger partial charge in [0.05, 0.1) is 13.2 Å². The maximum absolute atomic E-state index is 11.5. The summed E-state index contributed by atoms with van der Waals surface area (Å²) in [6.07, 6.45) is 0.